The molecule has 0 saturated carbocycles. The molecular formula is C8H12Cl2N2O. The molecule has 0 aromatic carbocycles. The Morgan fingerprint density at radius 2 is 2.31 bits per heavy atom. The van der Waals surface area contributed by atoms with Crippen LogP contribution in [-0.4, -0.2) is 23.0 Å². The molecule has 0 aliphatic heterocycles. The summed E-state index contributed by atoms with van der Waals surface area (Å²) in [5, 5.41) is 0.525. The fraction of sp³-hybridized carbons (Fsp3) is 0.625. The predicted octanol–water partition coefficient (Wildman–Crippen LogP) is 2.38. The maximum absolute atomic E-state index is 5.88. The number of aromatic nitrogens is 2. The highest BCUT2D eigenvalue weighted by Gasteiger charge is 2.06. The van der Waals surface area contributed by atoms with Crippen LogP contribution in [0.3, 0.4) is 0 Å². The molecule has 1 aromatic heterocycles. The highest BCUT2D eigenvalue weighted by atomic mass is 35.5. The summed E-state index contributed by atoms with van der Waals surface area (Å²) in [6, 6.07) is 0. The molecule has 0 aliphatic carbocycles. The summed E-state index contributed by atoms with van der Waals surface area (Å²) in [5.41, 5.74) is 0.939. The summed E-state index contributed by atoms with van der Waals surface area (Å²) < 4.78 is 4.92. The Labute approximate surface area is 87.4 Å². The molecule has 1 N–H and O–H groups in total. The molecule has 0 spiro atoms. The van der Waals surface area contributed by atoms with Crippen molar-refractivity contribution in [1.29, 1.82) is 0 Å². The summed E-state index contributed by atoms with van der Waals surface area (Å²) in [4.78, 5) is 7.19. The van der Waals surface area contributed by atoms with Crippen molar-refractivity contribution in [3.63, 3.8) is 0 Å². The van der Waals surface area contributed by atoms with Gasteiger partial charge in [-0.15, -0.1) is 11.6 Å². The first kappa shape index (κ1) is 10.8. The lowest BCUT2D eigenvalue weighted by Gasteiger charge is -1.94. The normalized spacial score (nSPS) is 10.7. The summed E-state index contributed by atoms with van der Waals surface area (Å²) in [5.74, 6) is 1.40. The van der Waals surface area contributed by atoms with Gasteiger partial charge in [0.1, 0.15) is 17.6 Å². The van der Waals surface area contributed by atoms with E-state index in [4.69, 9.17) is 27.9 Å². The van der Waals surface area contributed by atoms with Gasteiger partial charge in [0.25, 0.3) is 0 Å². The van der Waals surface area contributed by atoms with Crippen molar-refractivity contribution in [3.05, 3.63) is 16.7 Å². The molecule has 0 bridgehead atoms. The first-order valence-corrected chi connectivity index (χ1v) is 4.97. The Kier molecular flexibility index (Phi) is 4.56. The average Bonchev–Trinajstić information content (AvgIpc) is 2.44. The van der Waals surface area contributed by atoms with Gasteiger partial charge in [0.05, 0.1) is 5.69 Å². The second-order valence-electron chi connectivity index (χ2n) is 2.68. The van der Waals surface area contributed by atoms with Crippen LogP contribution in [0.1, 0.15) is 17.9 Å². The molecule has 0 saturated heterocycles. The zero-order valence-corrected chi connectivity index (χ0v) is 8.95. The SMILES string of the molecule is COCc1nc(Cl)c(CCCCl)[nH]1. The third-order valence-electron chi connectivity index (χ3n) is 1.62. The number of nitrogens with zero attached hydrogens (tertiary/aromatic N) is 1. The highest BCUT2D eigenvalue weighted by Crippen LogP contribution is 2.15. The van der Waals surface area contributed by atoms with Crippen LogP contribution in [0.25, 0.3) is 0 Å². The van der Waals surface area contributed by atoms with E-state index in [0.717, 1.165) is 24.4 Å². The van der Waals surface area contributed by atoms with E-state index in [1.165, 1.54) is 0 Å². The summed E-state index contributed by atoms with van der Waals surface area (Å²) in [7, 11) is 1.62. The fourth-order valence-electron chi connectivity index (χ4n) is 1.05. The van der Waals surface area contributed by atoms with Gasteiger partial charge in [0.2, 0.25) is 0 Å². The number of hydrogen-bond acceptors (Lipinski definition) is 2. The fourth-order valence-corrected chi connectivity index (χ4v) is 1.43. The van der Waals surface area contributed by atoms with Crippen LogP contribution in [0, 0.1) is 0 Å². The summed E-state index contributed by atoms with van der Waals surface area (Å²) in [6.07, 6.45) is 1.73. The molecule has 0 atom stereocenters. The molecule has 74 valence electrons. The Balaban J connectivity index is 2.60. The van der Waals surface area contributed by atoms with Crippen LogP contribution >= 0.6 is 23.2 Å². The number of nitrogens with one attached hydrogen (secondary N) is 1. The van der Waals surface area contributed by atoms with E-state index in [1.54, 1.807) is 7.11 Å². The molecule has 0 aliphatic rings. The largest absolute Gasteiger partial charge is 0.377 e. The average molecular weight is 223 g/mol. The minimum atomic E-state index is 0.459. The van der Waals surface area contributed by atoms with Gasteiger partial charge in [-0.3, -0.25) is 0 Å². The number of alkyl halides is 1. The minimum Gasteiger partial charge on any atom is -0.377 e. The van der Waals surface area contributed by atoms with E-state index < -0.39 is 0 Å². The molecule has 0 fully saturated rings. The van der Waals surface area contributed by atoms with Crippen molar-refractivity contribution in [2.75, 3.05) is 13.0 Å². The number of rotatable bonds is 5. The maximum Gasteiger partial charge on any atom is 0.150 e. The Hall–Kier alpha value is -0.250. The van der Waals surface area contributed by atoms with Crippen molar-refractivity contribution in [2.45, 2.75) is 19.4 Å². The number of imidazole rings is 1. The molecule has 1 aromatic rings. The third-order valence-corrected chi connectivity index (χ3v) is 2.20. The molecule has 1 heterocycles. The number of aryl methyl sites for hydroxylation is 1. The van der Waals surface area contributed by atoms with Gasteiger partial charge >= 0.3 is 0 Å². The van der Waals surface area contributed by atoms with Gasteiger partial charge in [-0.05, 0) is 12.8 Å². The van der Waals surface area contributed by atoms with Crippen LogP contribution in [0.2, 0.25) is 5.15 Å². The van der Waals surface area contributed by atoms with Gasteiger partial charge < -0.3 is 9.72 Å². The van der Waals surface area contributed by atoms with Gasteiger partial charge in [-0.1, -0.05) is 11.6 Å². The molecule has 0 radical (unpaired) electrons. The van der Waals surface area contributed by atoms with E-state index in [1.807, 2.05) is 0 Å². The molecule has 13 heavy (non-hydrogen) atoms. The number of methoxy groups -OCH3 is 1. The number of H-pyrrole nitrogens is 1. The topological polar surface area (TPSA) is 37.9 Å². The van der Waals surface area contributed by atoms with E-state index in [9.17, 15) is 0 Å². The van der Waals surface area contributed by atoms with Crippen LogP contribution in [-0.2, 0) is 17.8 Å². The number of halogens is 2. The molecule has 5 heteroatoms. The van der Waals surface area contributed by atoms with Crippen molar-refractivity contribution in [2.24, 2.45) is 0 Å². The molecule has 0 unspecified atom stereocenters. The van der Waals surface area contributed by atoms with E-state index in [2.05, 4.69) is 9.97 Å². The second-order valence-corrected chi connectivity index (χ2v) is 3.41. The lowest BCUT2D eigenvalue weighted by Crippen LogP contribution is -1.91. The maximum atomic E-state index is 5.88. The lowest BCUT2D eigenvalue weighted by molar-refractivity contribution is 0.178. The predicted molar refractivity (Wildman–Crippen MR) is 53.4 cm³/mol. The van der Waals surface area contributed by atoms with E-state index in [0.29, 0.717) is 17.6 Å². The van der Waals surface area contributed by atoms with Crippen LogP contribution in [0.5, 0.6) is 0 Å². The van der Waals surface area contributed by atoms with E-state index in [-0.39, 0.29) is 0 Å². The number of ether oxygens (including phenoxy) is 1. The first-order chi connectivity index (χ1) is 6.27. The number of hydrogen-bond donors (Lipinski definition) is 1. The Morgan fingerprint density at radius 1 is 1.54 bits per heavy atom. The monoisotopic (exact) mass is 222 g/mol. The zero-order valence-electron chi connectivity index (χ0n) is 7.44. The van der Waals surface area contributed by atoms with Gasteiger partial charge in [-0.25, -0.2) is 4.98 Å². The standard InChI is InChI=1S/C8H12Cl2N2O/c1-13-5-7-11-6(3-2-4-9)8(10)12-7/h2-5H2,1H3,(H,11,12). The van der Waals surface area contributed by atoms with Crippen molar-refractivity contribution in [1.82, 2.24) is 9.97 Å². The Morgan fingerprint density at radius 3 is 2.92 bits per heavy atom. The van der Waals surface area contributed by atoms with Crippen LogP contribution < -0.4 is 0 Å². The van der Waals surface area contributed by atoms with E-state index >= 15 is 0 Å². The number of aromatic amines is 1. The summed E-state index contributed by atoms with van der Waals surface area (Å²) >= 11 is 11.4. The van der Waals surface area contributed by atoms with Crippen molar-refractivity contribution >= 4 is 23.2 Å². The highest BCUT2D eigenvalue weighted by molar-refractivity contribution is 6.30. The molecule has 3 nitrogen and oxygen atoms in total. The lowest BCUT2D eigenvalue weighted by atomic mass is 10.3. The molecule has 1 rings (SSSR count). The quantitative estimate of drug-likeness (QED) is 0.778. The smallest absolute Gasteiger partial charge is 0.150 e. The van der Waals surface area contributed by atoms with Crippen molar-refractivity contribution < 1.29 is 4.74 Å². The van der Waals surface area contributed by atoms with Gasteiger partial charge in [0, 0.05) is 13.0 Å². The first-order valence-electron chi connectivity index (χ1n) is 4.06. The van der Waals surface area contributed by atoms with Gasteiger partial charge in [-0.2, -0.15) is 0 Å². The van der Waals surface area contributed by atoms with Gasteiger partial charge in [0.15, 0.2) is 0 Å². The van der Waals surface area contributed by atoms with Crippen LogP contribution in [0.4, 0.5) is 0 Å². The van der Waals surface area contributed by atoms with Crippen LogP contribution in [0.15, 0.2) is 0 Å². The Bertz CT molecular complexity index is 263. The molecular weight excluding hydrogens is 211 g/mol. The summed E-state index contributed by atoms with van der Waals surface area (Å²) in [6.45, 7) is 0.459. The molecule has 0 amide bonds. The second kappa shape index (κ2) is 5.47. The minimum absolute atomic E-state index is 0.459. The van der Waals surface area contributed by atoms with Crippen molar-refractivity contribution in [3.8, 4) is 0 Å². The third kappa shape index (κ3) is 3.18. The zero-order chi connectivity index (χ0) is 9.68.